The molecule has 4 heteroatoms. The van der Waals surface area contributed by atoms with Crippen molar-refractivity contribution in [2.24, 2.45) is 0 Å². The molecule has 1 N–H and O–H groups in total. The highest BCUT2D eigenvalue weighted by Crippen LogP contribution is 2.19. The number of amides is 1. The highest BCUT2D eigenvalue weighted by atomic mass is 16.2. The van der Waals surface area contributed by atoms with E-state index in [4.69, 9.17) is 0 Å². The minimum Gasteiger partial charge on any atom is -0.353 e. The molecule has 1 fully saturated rings. The fourth-order valence-electron chi connectivity index (χ4n) is 2.44. The summed E-state index contributed by atoms with van der Waals surface area (Å²) in [4.78, 5) is 24.0. The Balaban J connectivity index is 1.87. The Morgan fingerprint density at radius 3 is 2.85 bits per heavy atom. The summed E-state index contributed by atoms with van der Waals surface area (Å²) in [6, 6.07) is 10.1. The second kappa shape index (κ2) is 5.12. The van der Waals surface area contributed by atoms with E-state index >= 15 is 0 Å². The van der Waals surface area contributed by atoms with E-state index in [-0.39, 0.29) is 11.5 Å². The smallest absolute Gasteiger partial charge is 0.253 e. The maximum atomic E-state index is 12.3. The molecule has 0 radical (unpaired) electrons. The summed E-state index contributed by atoms with van der Waals surface area (Å²) in [7, 11) is 0. The molecule has 20 heavy (non-hydrogen) atoms. The Morgan fingerprint density at radius 1 is 1.35 bits per heavy atom. The lowest BCUT2D eigenvalue weighted by Gasteiger charge is -2.11. The molecule has 1 aliphatic rings. The molecule has 0 atom stereocenters. The van der Waals surface area contributed by atoms with Crippen molar-refractivity contribution in [3.05, 3.63) is 46.2 Å². The first kappa shape index (κ1) is 12.9. The Kier molecular flexibility index (Phi) is 3.30. The fourth-order valence-corrected chi connectivity index (χ4v) is 2.44. The maximum Gasteiger partial charge on any atom is 0.253 e. The molecule has 1 amide bonds. The van der Waals surface area contributed by atoms with Gasteiger partial charge in [0, 0.05) is 24.6 Å². The minimum atomic E-state index is -0.0112. The largest absolute Gasteiger partial charge is 0.353 e. The van der Waals surface area contributed by atoms with Crippen LogP contribution in [0.4, 0.5) is 0 Å². The fraction of sp³-hybridized carbons (Fsp3) is 0.375. The summed E-state index contributed by atoms with van der Waals surface area (Å²) >= 11 is 0. The van der Waals surface area contributed by atoms with E-state index in [0.717, 1.165) is 23.7 Å². The predicted molar refractivity (Wildman–Crippen MR) is 78.7 cm³/mol. The molecule has 0 aliphatic heterocycles. The van der Waals surface area contributed by atoms with Crippen LogP contribution in [0.2, 0.25) is 0 Å². The Labute approximate surface area is 117 Å². The molecule has 104 valence electrons. The van der Waals surface area contributed by atoms with Gasteiger partial charge in [0.25, 0.3) is 5.56 Å². The Hall–Kier alpha value is -2.10. The first-order valence-corrected chi connectivity index (χ1v) is 7.04. The number of hydrogen-bond donors (Lipinski definition) is 1. The van der Waals surface area contributed by atoms with Gasteiger partial charge in [-0.25, -0.2) is 0 Å². The topological polar surface area (TPSA) is 51.1 Å². The molecule has 0 unspecified atom stereocenters. The third-order valence-electron chi connectivity index (χ3n) is 3.69. The average molecular weight is 270 g/mol. The van der Waals surface area contributed by atoms with Gasteiger partial charge >= 0.3 is 0 Å². The van der Waals surface area contributed by atoms with Crippen molar-refractivity contribution in [1.29, 1.82) is 0 Å². The van der Waals surface area contributed by atoms with Crippen molar-refractivity contribution in [1.82, 2.24) is 9.88 Å². The molecule has 0 saturated heterocycles. The van der Waals surface area contributed by atoms with Crippen LogP contribution >= 0.6 is 0 Å². The summed E-state index contributed by atoms with van der Waals surface area (Å²) < 4.78 is 1.71. The van der Waals surface area contributed by atoms with Crippen molar-refractivity contribution >= 4 is 16.8 Å². The molecular weight excluding hydrogens is 252 g/mol. The SMILES string of the molecule is Cc1cc2ccccc2n(CCC(=O)NC2CC2)c1=O. The molecule has 0 bridgehead atoms. The lowest BCUT2D eigenvalue weighted by molar-refractivity contribution is -0.121. The molecule has 1 aliphatic carbocycles. The van der Waals surface area contributed by atoms with Crippen molar-refractivity contribution < 1.29 is 4.79 Å². The van der Waals surface area contributed by atoms with Crippen LogP contribution in [-0.2, 0) is 11.3 Å². The van der Waals surface area contributed by atoms with Crippen LogP contribution in [0.15, 0.2) is 35.1 Å². The number of pyridine rings is 1. The zero-order valence-electron chi connectivity index (χ0n) is 11.6. The molecule has 4 nitrogen and oxygen atoms in total. The molecule has 1 aromatic carbocycles. The second-order valence-corrected chi connectivity index (χ2v) is 5.43. The third kappa shape index (κ3) is 2.59. The molecular formula is C16H18N2O2. The van der Waals surface area contributed by atoms with Gasteiger partial charge in [0.2, 0.25) is 5.91 Å². The monoisotopic (exact) mass is 270 g/mol. The van der Waals surface area contributed by atoms with Gasteiger partial charge in [-0.2, -0.15) is 0 Å². The summed E-state index contributed by atoms with van der Waals surface area (Å²) in [6.07, 6.45) is 2.52. The number of para-hydroxylation sites is 1. The van der Waals surface area contributed by atoms with Gasteiger partial charge in [0.1, 0.15) is 0 Å². The van der Waals surface area contributed by atoms with E-state index in [9.17, 15) is 9.59 Å². The van der Waals surface area contributed by atoms with Crippen LogP contribution in [0.1, 0.15) is 24.8 Å². The number of benzene rings is 1. The number of aryl methyl sites for hydroxylation is 2. The first-order chi connectivity index (χ1) is 9.65. The van der Waals surface area contributed by atoms with E-state index in [1.807, 2.05) is 37.3 Å². The summed E-state index contributed by atoms with van der Waals surface area (Å²) in [5.74, 6) is 0.0324. The van der Waals surface area contributed by atoms with Crippen LogP contribution in [0.25, 0.3) is 10.9 Å². The molecule has 1 saturated carbocycles. The van der Waals surface area contributed by atoms with Gasteiger partial charge in [-0.1, -0.05) is 18.2 Å². The van der Waals surface area contributed by atoms with E-state index in [0.29, 0.717) is 24.6 Å². The Bertz CT molecular complexity index is 714. The summed E-state index contributed by atoms with van der Waals surface area (Å²) in [5.41, 5.74) is 1.59. The van der Waals surface area contributed by atoms with Crippen LogP contribution < -0.4 is 10.9 Å². The Morgan fingerprint density at radius 2 is 2.10 bits per heavy atom. The lowest BCUT2D eigenvalue weighted by Crippen LogP contribution is -2.29. The number of carbonyl (C=O) groups is 1. The zero-order chi connectivity index (χ0) is 14.1. The predicted octanol–water partition coefficient (Wildman–Crippen LogP) is 1.98. The van der Waals surface area contributed by atoms with Gasteiger partial charge in [0.05, 0.1) is 5.52 Å². The van der Waals surface area contributed by atoms with Crippen molar-refractivity contribution in [3.8, 4) is 0 Å². The number of fused-ring (bicyclic) bond motifs is 1. The maximum absolute atomic E-state index is 12.3. The second-order valence-electron chi connectivity index (χ2n) is 5.43. The summed E-state index contributed by atoms with van der Waals surface area (Å²) in [6.45, 7) is 2.25. The van der Waals surface area contributed by atoms with E-state index < -0.39 is 0 Å². The van der Waals surface area contributed by atoms with Gasteiger partial charge in [0.15, 0.2) is 0 Å². The number of hydrogen-bond acceptors (Lipinski definition) is 2. The van der Waals surface area contributed by atoms with Crippen LogP contribution in [0, 0.1) is 6.92 Å². The van der Waals surface area contributed by atoms with Crippen LogP contribution in [0.5, 0.6) is 0 Å². The highest BCUT2D eigenvalue weighted by molar-refractivity contribution is 5.80. The van der Waals surface area contributed by atoms with E-state index in [2.05, 4.69) is 5.32 Å². The average Bonchev–Trinajstić information content (AvgIpc) is 3.23. The summed E-state index contributed by atoms with van der Waals surface area (Å²) in [5, 5.41) is 3.99. The van der Waals surface area contributed by atoms with E-state index in [1.54, 1.807) is 4.57 Å². The van der Waals surface area contributed by atoms with Gasteiger partial charge in [-0.3, -0.25) is 9.59 Å². The zero-order valence-corrected chi connectivity index (χ0v) is 11.6. The molecule has 1 heterocycles. The highest BCUT2D eigenvalue weighted by Gasteiger charge is 2.23. The van der Waals surface area contributed by atoms with Crippen LogP contribution in [-0.4, -0.2) is 16.5 Å². The number of rotatable bonds is 4. The standard InChI is InChI=1S/C16H18N2O2/c1-11-10-12-4-2-3-5-14(12)18(16(11)20)9-8-15(19)17-13-6-7-13/h2-5,10,13H,6-9H2,1H3,(H,17,19). The molecule has 0 spiro atoms. The normalized spacial score (nSPS) is 14.4. The third-order valence-corrected chi connectivity index (χ3v) is 3.69. The first-order valence-electron chi connectivity index (χ1n) is 7.04. The lowest BCUT2D eigenvalue weighted by atomic mass is 10.1. The molecule has 1 aromatic heterocycles. The van der Waals surface area contributed by atoms with Crippen molar-refractivity contribution in [2.75, 3.05) is 0 Å². The number of aromatic nitrogens is 1. The van der Waals surface area contributed by atoms with Crippen LogP contribution in [0.3, 0.4) is 0 Å². The van der Waals surface area contributed by atoms with Gasteiger partial charge in [-0.15, -0.1) is 0 Å². The van der Waals surface area contributed by atoms with Crippen molar-refractivity contribution in [2.45, 2.75) is 38.8 Å². The van der Waals surface area contributed by atoms with Gasteiger partial charge in [-0.05, 0) is 37.3 Å². The molecule has 3 rings (SSSR count). The molecule has 2 aromatic rings. The van der Waals surface area contributed by atoms with Gasteiger partial charge < -0.3 is 9.88 Å². The minimum absolute atomic E-state index is 0.0112. The van der Waals surface area contributed by atoms with Crippen molar-refractivity contribution in [3.63, 3.8) is 0 Å². The quantitative estimate of drug-likeness (QED) is 0.923. The van der Waals surface area contributed by atoms with E-state index in [1.165, 1.54) is 0 Å². The number of carbonyl (C=O) groups excluding carboxylic acids is 1. The number of nitrogens with zero attached hydrogens (tertiary/aromatic N) is 1. The number of nitrogens with one attached hydrogen (secondary N) is 1.